The Labute approximate surface area is 119 Å². The molecule has 2 heterocycles. The summed E-state index contributed by atoms with van der Waals surface area (Å²) in [6.45, 7) is 4.66. The fourth-order valence-electron chi connectivity index (χ4n) is 2.41. The normalized spacial score (nSPS) is 24.8. The van der Waals surface area contributed by atoms with Crippen LogP contribution >= 0.6 is 12.4 Å². The molecule has 0 aromatic carbocycles. The van der Waals surface area contributed by atoms with E-state index in [9.17, 15) is 9.59 Å². The lowest BCUT2D eigenvalue weighted by Gasteiger charge is -2.36. The van der Waals surface area contributed by atoms with E-state index >= 15 is 0 Å². The van der Waals surface area contributed by atoms with Crippen molar-refractivity contribution in [3.63, 3.8) is 0 Å². The van der Waals surface area contributed by atoms with Gasteiger partial charge in [-0.2, -0.15) is 0 Å². The van der Waals surface area contributed by atoms with Gasteiger partial charge in [0.15, 0.2) is 0 Å². The van der Waals surface area contributed by atoms with E-state index in [4.69, 9.17) is 10.5 Å². The summed E-state index contributed by atoms with van der Waals surface area (Å²) >= 11 is 0. The molecule has 0 aromatic rings. The largest absolute Gasteiger partial charge is 0.368 e. The Morgan fingerprint density at radius 1 is 1.21 bits per heavy atom. The van der Waals surface area contributed by atoms with Gasteiger partial charge in [0.2, 0.25) is 5.91 Å². The van der Waals surface area contributed by atoms with Crippen molar-refractivity contribution >= 4 is 24.2 Å². The summed E-state index contributed by atoms with van der Waals surface area (Å²) in [5.41, 5.74) is 5.57. The second-order valence-electron chi connectivity index (χ2n) is 4.94. The van der Waals surface area contributed by atoms with E-state index < -0.39 is 6.04 Å². The van der Waals surface area contributed by atoms with Gasteiger partial charge in [0.1, 0.15) is 6.10 Å². The first-order chi connectivity index (χ1) is 8.59. The van der Waals surface area contributed by atoms with Crippen molar-refractivity contribution in [1.82, 2.24) is 9.80 Å². The lowest BCUT2D eigenvalue weighted by atomic mass is 10.2. The summed E-state index contributed by atoms with van der Waals surface area (Å²) in [4.78, 5) is 27.3. The van der Waals surface area contributed by atoms with Gasteiger partial charge >= 0.3 is 0 Å². The topological polar surface area (TPSA) is 75.9 Å². The molecule has 2 atom stereocenters. The van der Waals surface area contributed by atoms with E-state index in [0.717, 1.165) is 12.8 Å². The van der Waals surface area contributed by atoms with Gasteiger partial charge in [-0.25, -0.2) is 0 Å². The van der Waals surface area contributed by atoms with Crippen LogP contribution in [-0.2, 0) is 14.3 Å². The molecule has 6 nitrogen and oxygen atoms in total. The van der Waals surface area contributed by atoms with Crippen LogP contribution in [0, 0.1) is 0 Å². The van der Waals surface area contributed by atoms with Crippen molar-refractivity contribution in [2.75, 3.05) is 32.8 Å². The van der Waals surface area contributed by atoms with Crippen LogP contribution in [0.1, 0.15) is 19.8 Å². The Morgan fingerprint density at radius 2 is 1.79 bits per heavy atom. The summed E-state index contributed by atoms with van der Waals surface area (Å²) in [6.07, 6.45) is 1.51. The van der Waals surface area contributed by atoms with Crippen molar-refractivity contribution in [3.8, 4) is 0 Å². The maximum atomic E-state index is 12.1. The highest BCUT2D eigenvalue weighted by Crippen LogP contribution is 2.16. The molecule has 7 heteroatoms. The van der Waals surface area contributed by atoms with E-state index in [0.29, 0.717) is 32.8 Å². The molecule has 2 N–H and O–H groups in total. The van der Waals surface area contributed by atoms with Gasteiger partial charge in [-0.05, 0) is 19.8 Å². The monoisotopic (exact) mass is 291 g/mol. The van der Waals surface area contributed by atoms with Crippen LogP contribution < -0.4 is 5.73 Å². The Hall–Kier alpha value is -0.850. The van der Waals surface area contributed by atoms with Gasteiger partial charge < -0.3 is 20.3 Å². The number of hydrogen-bond donors (Lipinski definition) is 1. The molecular weight excluding hydrogens is 270 g/mol. The molecule has 2 rings (SSSR count). The molecule has 19 heavy (non-hydrogen) atoms. The van der Waals surface area contributed by atoms with Crippen molar-refractivity contribution in [2.24, 2.45) is 5.73 Å². The predicted octanol–water partition coefficient (Wildman–Crippen LogP) is -0.395. The number of rotatable bonds is 2. The molecule has 0 saturated carbocycles. The minimum atomic E-state index is -0.467. The van der Waals surface area contributed by atoms with Gasteiger partial charge in [-0.3, -0.25) is 9.59 Å². The molecule has 0 aromatic heterocycles. The molecule has 0 bridgehead atoms. The molecule has 0 aliphatic carbocycles. The maximum absolute atomic E-state index is 12.1. The number of hydrogen-bond acceptors (Lipinski definition) is 4. The second kappa shape index (κ2) is 7.07. The standard InChI is InChI=1S/C12H21N3O3.ClH/c1-9(13)11(16)14-4-6-15(7-5-14)12(17)10-3-2-8-18-10;/h9-10H,2-8,13H2,1H3;1H. The molecule has 2 unspecified atom stereocenters. The average molecular weight is 292 g/mol. The number of carbonyl (C=O) groups excluding carboxylic acids is 2. The molecule has 2 aliphatic heterocycles. The number of ether oxygens (including phenoxy) is 1. The zero-order chi connectivity index (χ0) is 13.1. The summed E-state index contributed by atoms with van der Waals surface area (Å²) < 4.78 is 5.39. The Balaban J connectivity index is 0.00000180. The molecular formula is C12H22ClN3O3. The van der Waals surface area contributed by atoms with E-state index in [1.165, 1.54) is 0 Å². The van der Waals surface area contributed by atoms with Crippen LogP contribution in [-0.4, -0.2) is 66.5 Å². The van der Waals surface area contributed by atoms with E-state index in [-0.39, 0.29) is 30.3 Å². The fourth-order valence-corrected chi connectivity index (χ4v) is 2.41. The van der Waals surface area contributed by atoms with E-state index in [2.05, 4.69) is 0 Å². The van der Waals surface area contributed by atoms with Crippen molar-refractivity contribution in [2.45, 2.75) is 31.9 Å². The Kier molecular flexibility index (Phi) is 6.03. The minimum Gasteiger partial charge on any atom is -0.368 e. The minimum absolute atomic E-state index is 0. The highest BCUT2D eigenvalue weighted by atomic mass is 35.5. The van der Waals surface area contributed by atoms with Gasteiger partial charge in [0.25, 0.3) is 5.91 Å². The SMILES string of the molecule is CC(N)C(=O)N1CCN(C(=O)C2CCCO2)CC1.Cl. The zero-order valence-electron chi connectivity index (χ0n) is 11.2. The third-order valence-corrected chi connectivity index (χ3v) is 3.50. The number of piperazine rings is 1. The third-order valence-electron chi connectivity index (χ3n) is 3.50. The Morgan fingerprint density at radius 3 is 2.26 bits per heavy atom. The van der Waals surface area contributed by atoms with Gasteiger partial charge in [0, 0.05) is 32.8 Å². The Bertz CT molecular complexity index is 324. The fraction of sp³-hybridized carbons (Fsp3) is 0.833. The summed E-state index contributed by atoms with van der Waals surface area (Å²) in [5.74, 6) is 0.0274. The van der Waals surface area contributed by atoms with Gasteiger partial charge in [0.05, 0.1) is 6.04 Å². The van der Waals surface area contributed by atoms with Crippen LogP contribution in [0.4, 0.5) is 0 Å². The molecule has 2 amide bonds. The highest BCUT2D eigenvalue weighted by Gasteiger charge is 2.31. The van der Waals surface area contributed by atoms with Crippen molar-refractivity contribution < 1.29 is 14.3 Å². The molecule has 0 spiro atoms. The number of nitrogens with two attached hydrogens (primary N) is 1. The quantitative estimate of drug-likeness (QED) is 0.751. The zero-order valence-corrected chi connectivity index (χ0v) is 12.0. The van der Waals surface area contributed by atoms with Crippen molar-refractivity contribution in [1.29, 1.82) is 0 Å². The first-order valence-electron chi connectivity index (χ1n) is 6.54. The van der Waals surface area contributed by atoms with E-state index in [1.807, 2.05) is 0 Å². The summed E-state index contributed by atoms with van der Waals surface area (Å²) in [5, 5.41) is 0. The maximum Gasteiger partial charge on any atom is 0.251 e. The number of halogens is 1. The summed E-state index contributed by atoms with van der Waals surface area (Å²) in [6, 6.07) is -0.467. The second-order valence-corrected chi connectivity index (χ2v) is 4.94. The van der Waals surface area contributed by atoms with E-state index in [1.54, 1.807) is 16.7 Å². The van der Waals surface area contributed by atoms with Crippen LogP contribution in [0.5, 0.6) is 0 Å². The number of carbonyl (C=O) groups is 2. The molecule has 2 aliphatic rings. The van der Waals surface area contributed by atoms with Gasteiger partial charge in [-0.15, -0.1) is 12.4 Å². The lowest BCUT2D eigenvalue weighted by molar-refractivity contribution is -0.146. The van der Waals surface area contributed by atoms with Crippen LogP contribution in [0.25, 0.3) is 0 Å². The van der Waals surface area contributed by atoms with Crippen molar-refractivity contribution in [3.05, 3.63) is 0 Å². The number of amides is 2. The van der Waals surface area contributed by atoms with Crippen LogP contribution in [0.15, 0.2) is 0 Å². The first kappa shape index (κ1) is 16.2. The smallest absolute Gasteiger partial charge is 0.251 e. The first-order valence-corrected chi connectivity index (χ1v) is 6.54. The number of nitrogens with zero attached hydrogens (tertiary/aromatic N) is 2. The van der Waals surface area contributed by atoms with Crippen LogP contribution in [0.2, 0.25) is 0 Å². The third kappa shape index (κ3) is 3.81. The van der Waals surface area contributed by atoms with Crippen LogP contribution in [0.3, 0.4) is 0 Å². The lowest BCUT2D eigenvalue weighted by Crippen LogP contribution is -2.55. The predicted molar refractivity (Wildman–Crippen MR) is 73.0 cm³/mol. The molecule has 2 saturated heterocycles. The molecule has 110 valence electrons. The summed E-state index contributed by atoms with van der Waals surface area (Å²) in [7, 11) is 0. The molecule has 2 fully saturated rings. The highest BCUT2D eigenvalue weighted by molar-refractivity contribution is 5.85. The molecule has 0 radical (unpaired) electrons. The van der Waals surface area contributed by atoms with Gasteiger partial charge in [-0.1, -0.05) is 0 Å². The average Bonchev–Trinajstić information content (AvgIpc) is 2.91.